The summed E-state index contributed by atoms with van der Waals surface area (Å²) in [7, 11) is 1.79. The zero-order valence-corrected chi connectivity index (χ0v) is 18.1. The number of guanidine groups is 1. The predicted molar refractivity (Wildman–Crippen MR) is 117 cm³/mol. The molecule has 2 rings (SSSR count). The fourth-order valence-electron chi connectivity index (χ4n) is 3.11. The van der Waals surface area contributed by atoms with E-state index in [0.717, 1.165) is 76.2 Å². The zero-order valence-electron chi connectivity index (χ0n) is 18.1. The molecule has 0 aliphatic carbocycles. The Labute approximate surface area is 170 Å². The van der Waals surface area contributed by atoms with Crippen LogP contribution in [0.2, 0.25) is 0 Å². The monoisotopic (exact) mass is 390 g/mol. The van der Waals surface area contributed by atoms with E-state index in [1.54, 1.807) is 7.05 Å². The van der Waals surface area contributed by atoms with E-state index in [0.29, 0.717) is 12.5 Å². The molecule has 7 nitrogen and oxygen atoms in total. The highest BCUT2D eigenvalue weighted by atomic mass is 16.5. The summed E-state index contributed by atoms with van der Waals surface area (Å²) < 4.78 is 5.60. The Hall–Kier alpha value is -1.86. The first-order chi connectivity index (χ1) is 13.6. The van der Waals surface area contributed by atoms with E-state index >= 15 is 0 Å². The molecule has 158 valence electrons. The average Bonchev–Trinajstić information content (AvgIpc) is 2.73. The highest BCUT2D eigenvalue weighted by Gasteiger charge is 2.16. The first-order valence-corrected chi connectivity index (χ1v) is 10.6. The lowest BCUT2D eigenvalue weighted by Crippen LogP contribution is -2.46. The summed E-state index contributed by atoms with van der Waals surface area (Å²) in [5.41, 5.74) is 1.15. The van der Waals surface area contributed by atoms with Gasteiger partial charge in [-0.05, 0) is 30.5 Å². The first kappa shape index (κ1) is 22.4. The van der Waals surface area contributed by atoms with Gasteiger partial charge >= 0.3 is 0 Å². The summed E-state index contributed by atoms with van der Waals surface area (Å²) in [5, 5.41) is 6.67. The van der Waals surface area contributed by atoms with Crippen LogP contribution in [0.1, 0.15) is 32.8 Å². The topological polar surface area (TPSA) is 65.0 Å². The summed E-state index contributed by atoms with van der Waals surface area (Å²) in [6.07, 6.45) is 2.93. The van der Waals surface area contributed by atoms with Crippen molar-refractivity contribution in [3.63, 3.8) is 0 Å². The van der Waals surface area contributed by atoms with E-state index in [9.17, 15) is 0 Å². The van der Waals surface area contributed by atoms with Gasteiger partial charge in [0.05, 0.1) is 0 Å². The van der Waals surface area contributed by atoms with E-state index in [4.69, 9.17) is 4.74 Å². The summed E-state index contributed by atoms with van der Waals surface area (Å²) in [5.74, 6) is 2.47. The van der Waals surface area contributed by atoms with Crippen LogP contribution in [0.4, 0.5) is 5.82 Å². The molecule has 0 unspecified atom stereocenters. The Kier molecular flexibility index (Phi) is 10.1. The van der Waals surface area contributed by atoms with Crippen LogP contribution in [0.3, 0.4) is 0 Å². The first-order valence-electron chi connectivity index (χ1n) is 10.6. The van der Waals surface area contributed by atoms with E-state index in [2.05, 4.69) is 63.3 Å². The number of anilines is 1. The van der Waals surface area contributed by atoms with Gasteiger partial charge in [-0.2, -0.15) is 0 Å². The molecule has 2 heterocycles. The fraction of sp³-hybridized carbons (Fsp3) is 0.714. The van der Waals surface area contributed by atoms with E-state index in [1.165, 1.54) is 0 Å². The van der Waals surface area contributed by atoms with Gasteiger partial charge in [-0.3, -0.25) is 4.99 Å². The lowest BCUT2D eigenvalue weighted by Gasteiger charge is -2.34. The molecule has 1 fully saturated rings. The van der Waals surface area contributed by atoms with Crippen molar-refractivity contribution in [2.24, 2.45) is 10.9 Å². The van der Waals surface area contributed by atoms with Gasteiger partial charge in [0.15, 0.2) is 5.96 Å². The number of aliphatic imine (C=N–C) groups is 1. The molecule has 0 atom stereocenters. The van der Waals surface area contributed by atoms with E-state index in [1.807, 2.05) is 6.20 Å². The SMILES string of the molecule is CCN1CCN(c2ccc(CNC(=NC)NCCCOCC(C)C)cn2)CC1. The molecular weight excluding hydrogens is 352 g/mol. The number of likely N-dealkylation sites (N-methyl/N-ethyl adjacent to an activating group) is 1. The van der Waals surface area contributed by atoms with Gasteiger partial charge in [-0.1, -0.05) is 26.8 Å². The molecule has 0 bridgehead atoms. The predicted octanol–water partition coefficient (Wildman–Crippen LogP) is 1.95. The summed E-state index contributed by atoms with van der Waals surface area (Å²) >= 11 is 0. The van der Waals surface area contributed by atoms with Crippen LogP contribution in [0.5, 0.6) is 0 Å². The minimum atomic E-state index is 0.586. The van der Waals surface area contributed by atoms with Gasteiger partial charge in [-0.25, -0.2) is 4.98 Å². The van der Waals surface area contributed by atoms with Crippen molar-refractivity contribution in [1.82, 2.24) is 20.5 Å². The van der Waals surface area contributed by atoms with E-state index in [-0.39, 0.29) is 0 Å². The van der Waals surface area contributed by atoms with Crippen LogP contribution in [-0.2, 0) is 11.3 Å². The zero-order chi connectivity index (χ0) is 20.2. The second kappa shape index (κ2) is 12.6. The molecule has 0 radical (unpaired) electrons. The molecular formula is C21H38N6O. The lowest BCUT2D eigenvalue weighted by molar-refractivity contribution is 0.108. The van der Waals surface area contributed by atoms with Crippen LogP contribution in [0, 0.1) is 5.92 Å². The van der Waals surface area contributed by atoms with Gasteiger partial charge in [0.2, 0.25) is 0 Å². The largest absolute Gasteiger partial charge is 0.381 e. The van der Waals surface area contributed by atoms with Gasteiger partial charge in [0.1, 0.15) is 5.82 Å². The highest BCUT2D eigenvalue weighted by Crippen LogP contribution is 2.14. The Morgan fingerprint density at radius 1 is 1.21 bits per heavy atom. The molecule has 1 aliphatic heterocycles. The maximum absolute atomic E-state index is 5.60. The molecule has 1 aromatic heterocycles. The van der Waals surface area contributed by atoms with Crippen LogP contribution in [0.15, 0.2) is 23.3 Å². The Morgan fingerprint density at radius 3 is 2.61 bits per heavy atom. The molecule has 0 amide bonds. The maximum Gasteiger partial charge on any atom is 0.191 e. The minimum absolute atomic E-state index is 0.586. The number of aromatic nitrogens is 1. The van der Waals surface area contributed by atoms with Crippen molar-refractivity contribution in [3.8, 4) is 0 Å². The molecule has 2 N–H and O–H groups in total. The average molecular weight is 391 g/mol. The number of rotatable bonds is 10. The van der Waals surface area contributed by atoms with Gasteiger partial charge in [0.25, 0.3) is 0 Å². The van der Waals surface area contributed by atoms with Crippen LogP contribution in [0.25, 0.3) is 0 Å². The van der Waals surface area contributed by atoms with Crippen molar-refractivity contribution in [2.75, 3.05) is 64.4 Å². The Morgan fingerprint density at radius 2 is 2.00 bits per heavy atom. The van der Waals surface area contributed by atoms with Crippen molar-refractivity contribution in [1.29, 1.82) is 0 Å². The molecule has 0 aromatic carbocycles. The van der Waals surface area contributed by atoms with Crippen LogP contribution in [-0.4, -0.2) is 75.4 Å². The van der Waals surface area contributed by atoms with Crippen molar-refractivity contribution in [2.45, 2.75) is 33.7 Å². The number of pyridine rings is 1. The smallest absolute Gasteiger partial charge is 0.191 e. The third kappa shape index (κ3) is 8.02. The molecule has 28 heavy (non-hydrogen) atoms. The number of nitrogens with zero attached hydrogens (tertiary/aromatic N) is 4. The number of hydrogen-bond acceptors (Lipinski definition) is 5. The van der Waals surface area contributed by atoms with Gasteiger partial charge in [-0.15, -0.1) is 0 Å². The third-order valence-corrected chi connectivity index (χ3v) is 4.85. The number of nitrogens with one attached hydrogen (secondary N) is 2. The molecule has 1 saturated heterocycles. The maximum atomic E-state index is 5.60. The minimum Gasteiger partial charge on any atom is -0.381 e. The second-order valence-corrected chi connectivity index (χ2v) is 7.62. The number of hydrogen-bond donors (Lipinski definition) is 2. The van der Waals surface area contributed by atoms with E-state index < -0.39 is 0 Å². The van der Waals surface area contributed by atoms with Crippen molar-refractivity contribution in [3.05, 3.63) is 23.9 Å². The molecule has 0 saturated carbocycles. The van der Waals surface area contributed by atoms with Crippen molar-refractivity contribution < 1.29 is 4.74 Å². The normalized spacial score (nSPS) is 15.9. The van der Waals surface area contributed by atoms with Crippen LogP contribution >= 0.6 is 0 Å². The quantitative estimate of drug-likeness (QED) is 0.362. The second-order valence-electron chi connectivity index (χ2n) is 7.62. The van der Waals surface area contributed by atoms with Gasteiger partial charge < -0.3 is 25.2 Å². The summed E-state index contributed by atoms with van der Waals surface area (Å²) in [6.45, 7) is 15.2. The van der Waals surface area contributed by atoms with Crippen LogP contribution < -0.4 is 15.5 Å². The van der Waals surface area contributed by atoms with Crippen molar-refractivity contribution >= 4 is 11.8 Å². The van der Waals surface area contributed by atoms with Gasteiger partial charge in [0, 0.05) is 65.7 Å². The summed E-state index contributed by atoms with van der Waals surface area (Å²) in [4.78, 5) is 13.8. The number of piperazine rings is 1. The molecule has 7 heteroatoms. The highest BCUT2D eigenvalue weighted by molar-refractivity contribution is 5.79. The standard InChI is InChI=1S/C21H38N6O/c1-5-26-10-12-27(13-11-26)20-8-7-19(15-24-20)16-25-21(22-4)23-9-6-14-28-17-18(2)3/h7-8,15,18H,5-6,9-14,16-17H2,1-4H3,(H2,22,23,25). The molecule has 1 aliphatic rings. The summed E-state index contributed by atoms with van der Waals surface area (Å²) in [6, 6.07) is 4.27. The Bertz CT molecular complexity index is 567. The Balaban J connectivity index is 1.67. The third-order valence-electron chi connectivity index (χ3n) is 4.85. The lowest BCUT2D eigenvalue weighted by atomic mass is 10.2. The number of ether oxygens (including phenoxy) is 1. The fourth-order valence-corrected chi connectivity index (χ4v) is 3.11. The molecule has 0 spiro atoms. The molecule has 1 aromatic rings.